The summed E-state index contributed by atoms with van der Waals surface area (Å²) in [7, 11) is 0. The maximum atomic E-state index is 5.77. The summed E-state index contributed by atoms with van der Waals surface area (Å²) in [6, 6.07) is 1.84. The van der Waals surface area contributed by atoms with E-state index in [2.05, 4.69) is 9.71 Å². The average Bonchev–Trinajstić information content (AvgIpc) is 2.27. The molecule has 0 radical (unpaired) electrons. The number of amidine groups is 1. The molecule has 0 saturated heterocycles. The maximum absolute atomic E-state index is 5.77. The van der Waals surface area contributed by atoms with Crippen molar-refractivity contribution in [3.8, 4) is 0 Å². The predicted octanol–water partition coefficient (Wildman–Crippen LogP) is 3.43. The third kappa shape index (κ3) is 1.49. The second-order valence-electron chi connectivity index (χ2n) is 1.85. The summed E-state index contributed by atoms with van der Waals surface area (Å²) in [6.07, 6.45) is 0. The fourth-order valence-electron chi connectivity index (χ4n) is 0.716. The molecule has 0 atom stereocenters. The first-order chi connectivity index (χ1) is 5.25. The van der Waals surface area contributed by atoms with E-state index in [1.165, 1.54) is 23.3 Å². The molecule has 1 aliphatic rings. The Kier molecular flexibility index (Phi) is 2.01. The van der Waals surface area contributed by atoms with Gasteiger partial charge in [-0.2, -0.15) is 4.40 Å². The van der Waals surface area contributed by atoms with E-state index in [9.17, 15) is 0 Å². The second kappa shape index (κ2) is 2.86. The molecule has 0 amide bonds. The first kappa shape index (κ1) is 7.73. The van der Waals surface area contributed by atoms with Gasteiger partial charge in [0.1, 0.15) is 4.21 Å². The first-order valence-electron chi connectivity index (χ1n) is 2.72. The lowest BCUT2D eigenvalue weighted by Gasteiger charge is -2.07. The SMILES string of the molecule is ClC1=NSc2sc(Cl)cc2N1. The maximum Gasteiger partial charge on any atom is 0.207 e. The molecule has 2 heterocycles. The van der Waals surface area contributed by atoms with Crippen molar-refractivity contribution < 1.29 is 0 Å². The summed E-state index contributed by atoms with van der Waals surface area (Å²) in [4.78, 5) is 0. The number of rotatable bonds is 0. The highest BCUT2D eigenvalue weighted by molar-refractivity contribution is 8.00. The number of nitrogens with one attached hydrogen (secondary N) is 1. The molecule has 6 heteroatoms. The van der Waals surface area contributed by atoms with Crippen LogP contribution in [-0.2, 0) is 0 Å². The zero-order valence-corrected chi connectivity index (χ0v) is 8.24. The van der Waals surface area contributed by atoms with Crippen molar-refractivity contribution in [2.45, 2.75) is 4.21 Å². The number of anilines is 1. The molecule has 1 aromatic heterocycles. The highest BCUT2D eigenvalue weighted by atomic mass is 35.5. The molecule has 0 saturated carbocycles. The minimum atomic E-state index is 0.400. The van der Waals surface area contributed by atoms with Gasteiger partial charge in [-0.15, -0.1) is 11.3 Å². The third-order valence-electron chi connectivity index (χ3n) is 1.11. The molecular weight excluding hydrogens is 223 g/mol. The molecule has 11 heavy (non-hydrogen) atoms. The number of thiophene rings is 1. The van der Waals surface area contributed by atoms with Gasteiger partial charge in [0.15, 0.2) is 0 Å². The Labute approximate surface area is 81.7 Å². The van der Waals surface area contributed by atoms with Gasteiger partial charge < -0.3 is 5.32 Å². The number of halogens is 2. The lowest BCUT2D eigenvalue weighted by molar-refractivity contribution is 1.59. The normalized spacial score (nSPS) is 15.3. The molecule has 2 rings (SSSR count). The largest absolute Gasteiger partial charge is 0.328 e. The highest BCUT2D eigenvalue weighted by Gasteiger charge is 2.14. The Morgan fingerprint density at radius 1 is 1.45 bits per heavy atom. The van der Waals surface area contributed by atoms with Crippen molar-refractivity contribution in [1.29, 1.82) is 0 Å². The lowest BCUT2D eigenvalue weighted by Crippen LogP contribution is -2.05. The molecule has 58 valence electrons. The van der Waals surface area contributed by atoms with Crippen LogP contribution >= 0.6 is 46.5 Å². The topological polar surface area (TPSA) is 24.4 Å². The van der Waals surface area contributed by atoms with Crippen molar-refractivity contribution in [3.05, 3.63) is 10.4 Å². The summed E-state index contributed by atoms with van der Waals surface area (Å²) in [5.41, 5.74) is 0.949. The van der Waals surface area contributed by atoms with Crippen molar-refractivity contribution in [3.63, 3.8) is 0 Å². The minimum Gasteiger partial charge on any atom is -0.328 e. The van der Waals surface area contributed by atoms with Crippen LogP contribution in [0.1, 0.15) is 0 Å². The van der Waals surface area contributed by atoms with Crippen molar-refractivity contribution in [2.24, 2.45) is 4.40 Å². The molecule has 2 nitrogen and oxygen atoms in total. The fraction of sp³-hybridized carbons (Fsp3) is 0. The van der Waals surface area contributed by atoms with E-state index in [0.29, 0.717) is 5.29 Å². The van der Waals surface area contributed by atoms with Gasteiger partial charge in [0.2, 0.25) is 5.29 Å². The van der Waals surface area contributed by atoms with Gasteiger partial charge in [0, 0.05) is 11.9 Å². The lowest BCUT2D eigenvalue weighted by atomic mass is 10.5. The average molecular weight is 225 g/mol. The number of hydrogen-bond donors (Lipinski definition) is 1. The Hall–Kier alpha value is 0.1000. The quantitative estimate of drug-likeness (QED) is 0.540. The first-order valence-corrected chi connectivity index (χ1v) is 5.07. The highest BCUT2D eigenvalue weighted by Crippen LogP contribution is 2.41. The standard InChI is InChI=1S/C5H2Cl2N2S2/c6-3-1-2-4(10-3)11-9-5(7)8-2/h1H,(H,8,9). The monoisotopic (exact) mass is 224 g/mol. The third-order valence-corrected chi connectivity index (χ3v) is 3.59. The number of fused-ring (bicyclic) bond motifs is 1. The number of nitrogens with zero attached hydrogens (tertiary/aromatic N) is 1. The van der Waals surface area contributed by atoms with Crippen LogP contribution in [0.3, 0.4) is 0 Å². The Morgan fingerprint density at radius 3 is 3.09 bits per heavy atom. The molecule has 1 N–H and O–H groups in total. The zero-order chi connectivity index (χ0) is 7.84. The van der Waals surface area contributed by atoms with E-state index in [-0.39, 0.29) is 0 Å². The zero-order valence-electron chi connectivity index (χ0n) is 5.10. The van der Waals surface area contributed by atoms with E-state index in [4.69, 9.17) is 23.2 Å². The van der Waals surface area contributed by atoms with Gasteiger partial charge in [-0.25, -0.2) is 0 Å². The van der Waals surface area contributed by atoms with Crippen LogP contribution in [0.4, 0.5) is 5.69 Å². The summed E-state index contributed by atoms with van der Waals surface area (Å²) < 4.78 is 5.73. The second-order valence-corrected chi connectivity index (χ2v) is 4.92. The Morgan fingerprint density at radius 2 is 2.27 bits per heavy atom. The van der Waals surface area contributed by atoms with Crippen LogP contribution in [0.15, 0.2) is 14.7 Å². The van der Waals surface area contributed by atoms with Gasteiger partial charge in [0.05, 0.1) is 10.0 Å². The summed E-state index contributed by atoms with van der Waals surface area (Å²) >= 11 is 14.2. The fourth-order valence-corrected chi connectivity index (χ4v) is 2.92. The van der Waals surface area contributed by atoms with Gasteiger partial charge in [0.25, 0.3) is 0 Å². The Bertz CT molecular complexity index is 320. The summed E-state index contributed by atoms with van der Waals surface area (Å²) in [5.74, 6) is 0. The molecule has 0 fully saturated rings. The van der Waals surface area contributed by atoms with Crippen molar-refractivity contribution in [1.82, 2.24) is 0 Å². The van der Waals surface area contributed by atoms with Crippen molar-refractivity contribution in [2.75, 3.05) is 5.32 Å². The van der Waals surface area contributed by atoms with Crippen LogP contribution in [0.2, 0.25) is 4.34 Å². The van der Waals surface area contributed by atoms with Gasteiger partial charge in [-0.05, 0) is 17.7 Å². The van der Waals surface area contributed by atoms with E-state index >= 15 is 0 Å². The number of hydrogen-bond acceptors (Lipinski definition) is 4. The molecule has 0 aliphatic carbocycles. The molecule has 0 bridgehead atoms. The molecule has 1 aliphatic heterocycles. The van der Waals surface area contributed by atoms with Gasteiger partial charge >= 0.3 is 0 Å². The molecule has 0 spiro atoms. The Balaban J connectivity index is 2.40. The van der Waals surface area contributed by atoms with E-state index in [0.717, 1.165) is 14.2 Å². The van der Waals surface area contributed by atoms with Crippen molar-refractivity contribution >= 4 is 57.5 Å². The van der Waals surface area contributed by atoms with Crippen LogP contribution in [0, 0.1) is 0 Å². The molecular formula is C5H2Cl2N2S2. The molecule has 0 unspecified atom stereocenters. The molecule has 1 aromatic rings. The minimum absolute atomic E-state index is 0.400. The van der Waals surface area contributed by atoms with Gasteiger partial charge in [-0.1, -0.05) is 11.6 Å². The summed E-state index contributed by atoms with van der Waals surface area (Å²) in [6.45, 7) is 0. The van der Waals surface area contributed by atoms with Crippen LogP contribution in [0.5, 0.6) is 0 Å². The van der Waals surface area contributed by atoms with E-state index in [1.54, 1.807) is 0 Å². The van der Waals surface area contributed by atoms with Crippen LogP contribution < -0.4 is 5.32 Å². The smallest absolute Gasteiger partial charge is 0.207 e. The van der Waals surface area contributed by atoms with Crippen LogP contribution in [0.25, 0.3) is 0 Å². The predicted molar refractivity (Wildman–Crippen MR) is 52.1 cm³/mol. The van der Waals surface area contributed by atoms with Gasteiger partial charge in [-0.3, -0.25) is 0 Å². The summed E-state index contributed by atoms with van der Waals surface area (Å²) in [5, 5.41) is 3.30. The molecule has 0 aromatic carbocycles. The van der Waals surface area contributed by atoms with E-state index in [1.807, 2.05) is 6.07 Å². The van der Waals surface area contributed by atoms with E-state index < -0.39 is 0 Å². The van der Waals surface area contributed by atoms with Crippen LogP contribution in [-0.4, -0.2) is 5.29 Å².